The molecule has 2 aromatic heterocycles. The molecule has 0 bridgehead atoms. The van der Waals surface area contributed by atoms with Crippen molar-refractivity contribution < 1.29 is 5.21 Å². The Morgan fingerprint density at radius 3 is 3.00 bits per heavy atom. The largest absolute Gasteiger partial charge is 0.312 e. The van der Waals surface area contributed by atoms with Crippen molar-refractivity contribution in [3.05, 3.63) is 30.5 Å². The van der Waals surface area contributed by atoms with Gasteiger partial charge in [0.15, 0.2) is 0 Å². The van der Waals surface area contributed by atoms with Gasteiger partial charge in [0.2, 0.25) is 5.95 Å². The predicted molar refractivity (Wildman–Crippen MR) is 61.4 cm³/mol. The lowest BCUT2D eigenvalue weighted by atomic mass is 10.2. The van der Waals surface area contributed by atoms with Crippen LogP contribution in [0.5, 0.6) is 0 Å². The Bertz CT molecular complexity index is 674. The first-order valence-electron chi connectivity index (χ1n) is 4.91. The smallest absolute Gasteiger partial charge is 0.227 e. The highest BCUT2D eigenvalue weighted by Gasteiger charge is 2.08. The van der Waals surface area contributed by atoms with Crippen molar-refractivity contribution in [3.8, 4) is 0 Å². The predicted octanol–water partition coefficient (Wildman–Crippen LogP) is 1.92. The van der Waals surface area contributed by atoms with Crippen molar-refractivity contribution in [2.24, 2.45) is 7.05 Å². The van der Waals surface area contributed by atoms with Gasteiger partial charge >= 0.3 is 0 Å². The van der Waals surface area contributed by atoms with E-state index in [1.165, 1.54) is 0 Å². The van der Waals surface area contributed by atoms with E-state index in [1.54, 1.807) is 10.8 Å². The van der Waals surface area contributed by atoms with Gasteiger partial charge in [-0.1, -0.05) is 6.07 Å². The molecule has 3 aromatic rings. The van der Waals surface area contributed by atoms with Crippen LogP contribution in [-0.4, -0.2) is 19.7 Å². The average Bonchev–Trinajstić information content (AvgIpc) is 2.63. The van der Waals surface area contributed by atoms with Gasteiger partial charge in [-0.15, -0.1) is 0 Å². The minimum absolute atomic E-state index is 0.422. The van der Waals surface area contributed by atoms with Gasteiger partial charge in [-0.2, -0.15) is 0 Å². The van der Waals surface area contributed by atoms with Crippen LogP contribution in [0.25, 0.3) is 21.9 Å². The van der Waals surface area contributed by atoms with Crippen molar-refractivity contribution in [1.29, 1.82) is 0 Å². The van der Waals surface area contributed by atoms with E-state index in [4.69, 9.17) is 5.21 Å². The van der Waals surface area contributed by atoms with E-state index in [0.29, 0.717) is 5.95 Å². The second-order valence-corrected chi connectivity index (χ2v) is 3.64. The SMILES string of the molecule is Cn1c(NO)nc2cc3cccnc3cc21. The minimum atomic E-state index is 0.422. The molecule has 0 spiro atoms. The normalized spacial score (nSPS) is 11.1. The Labute approximate surface area is 91.3 Å². The number of nitrogens with zero attached hydrogens (tertiary/aromatic N) is 3. The van der Waals surface area contributed by atoms with E-state index in [2.05, 4.69) is 15.4 Å². The van der Waals surface area contributed by atoms with E-state index in [0.717, 1.165) is 21.9 Å². The number of aromatic nitrogens is 3. The Morgan fingerprint density at radius 2 is 2.19 bits per heavy atom. The highest BCUT2D eigenvalue weighted by molar-refractivity contribution is 5.94. The molecule has 1 aromatic carbocycles. The monoisotopic (exact) mass is 214 g/mol. The molecule has 80 valence electrons. The molecule has 16 heavy (non-hydrogen) atoms. The summed E-state index contributed by atoms with van der Waals surface area (Å²) in [6.45, 7) is 0. The molecule has 5 heteroatoms. The quantitative estimate of drug-likeness (QED) is 0.607. The molecule has 0 aliphatic carbocycles. The number of rotatable bonds is 1. The number of pyridine rings is 1. The van der Waals surface area contributed by atoms with Crippen LogP contribution in [-0.2, 0) is 7.05 Å². The average molecular weight is 214 g/mol. The van der Waals surface area contributed by atoms with E-state index in [1.807, 2.05) is 31.3 Å². The maximum atomic E-state index is 8.91. The van der Waals surface area contributed by atoms with Gasteiger partial charge < -0.3 is 4.57 Å². The van der Waals surface area contributed by atoms with Gasteiger partial charge in [-0.3, -0.25) is 10.2 Å². The Balaban J connectivity index is 2.44. The highest BCUT2D eigenvalue weighted by Crippen LogP contribution is 2.23. The molecule has 0 atom stereocenters. The third kappa shape index (κ3) is 1.15. The van der Waals surface area contributed by atoms with Crippen LogP contribution in [0, 0.1) is 0 Å². The molecule has 0 amide bonds. The topological polar surface area (TPSA) is 63.0 Å². The van der Waals surface area contributed by atoms with Crippen LogP contribution >= 0.6 is 0 Å². The summed E-state index contributed by atoms with van der Waals surface area (Å²) in [4.78, 5) is 8.54. The first-order chi connectivity index (χ1) is 7.79. The van der Waals surface area contributed by atoms with Crippen molar-refractivity contribution >= 4 is 27.9 Å². The molecule has 2 N–H and O–H groups in total. The summed E-state index contributed by atoms with van der Waals surface area (Å²) in [5.74, 6) is 0.422. The summed E-state index contributed by atoms with van der Waals surface area (Å²) < 4.78 is 1.78. The third-order valence-electron chi connectivity index (χ3n) is 2.70. The Hall–Kier alpha value is -2.14. The van der Waals surface area contributed by atoms with Crippen LogP contribution < -0.4 is 5.48 Å². The van der Waals surface area contributed by atoms with Crippen LogP contribution in [0.2, 0.25) is 0 Å². The fourth-order valence-electron chi connectivity index (χ4n) is 1.86. The standard InChI is InChI=1S/C11H10N4O/c1-15-10-6-8-7(3-2-4-12-8)5-9(10)13-11(15)14-16/h2-6,16H,1H3,(H,13,14). The third-order valence-corrected chi connectivity index (χ3v) is 2.70. The number of anilines is 1. The van der Waals surface area contributed by atoms with Crippen LogP contribution in [0.4, 0.5) is 5.95 Å². The van der Waals surface area contributed by atoms with Crippen LogP contribution in [0.15, 0.2) is 30.5 Å². The molecule has 5 nitrogen and oxygen atoms in total. The molecule has 0 unspecified atom stereocenters. The van der Waals surface area contributed by atoms with Crippen LogP contribution in [0.1, 0.15) is 0 Å². The lowest BCUT2D eigenvalue weighted by Gasteiger charge is -1.99. The molecule has 2 heterocycles. The molecular formula is C11H10N4O. The summed E-state index contributed by atoms with van der Waals surface area (Å²) in [6, 6.07) is 7.79. The van der Waals surface area contributed by atoms with Crippen molar-refractivity contribution in [2.75, 3.05) is 5.48 Å². The molecule has 0 radical (unpaired) electrons. The van der Waals surface area contributed by atoms with Gasteiger partial charge in [0.05, 0.1) is 16.6 Å². The van der Waals surface area contributed by atoms with E-state index in [9.17, 15) is 0 Å². The number of hydrogen-bond acceptors (Lipinski definition) is 4. The molecule has 0 fully saturated rings. The maximum absolute atomic E-state index is 8.91. The van der Waals surface area contributed by atoms with Gasteiger partial charge in [-0.05, 0) is 18.2 Å². The van der Waals surface area contributed by atoms with Gasteiger partial charge in [0, 0.05) is 18.6 Å². The van der Waals surface area contributed by atoms with Crippen molar-refractivity contribution in [2.45, 2.75) is 0 Å². The van der Waals surface area contributed by atoms with Gasteiger partial charge in [0.1, 0.15) is 0 Å². The minimum Gasteiger partial charge on any atom is -0.312 e. The Morgan fingerprint density at radius 1 is 1.31 bits per heavy atom. The zero-order chi connectivity index (χ0) is 11.1. The summed E-state index contributed by atoms with van der Waals surface area (Å²) in [7, 11) is 1.84. The number of nitrogens with one attached hydrogen (secondary N) is 1. The molecule has 3 rings (SSSR count). The molecule has 0 saturated carbocycles. The molecule has 0 saturated heterocycles. The number of fused-ring (bicyclic) bond motifs is 2. The van der Waals surface area contributed by atoms with Gasteiger partial charge in [0.25, 0.3) is 0 Å². The fourth-order valence-corrected chi connectivity index (χ4v) is 1.86. The van der Waals surface area contributed by atoms with Crippen molar-refractivity contribution in [3.63, 3.8) is 0 Å². The number of hydrogen-bond donors (Lipinski definition) is 2. The lowest BCUT2D eigenvalue weighted by molar-refractivity contribution is 0.380. The summed E-state index contributed by atoms with van der Waals surface area (Å²) in [6.07, 6.45) is 1.76. The van der Waals surface area contributed by atoms with Gasteiger partial charge in [-0.25, -0.2) is 10.5 Å². The number of aryl methyl sites for hydroxylation is 1. The Kier molecular flexibility index (Phi) is 1.81. The first kappa shape index (κ1) is 9.11. The maximum Gasteiger partial charge on any atom is 0.227 e. The number of imidazole rings is 1. The molecular weight excluding hydrogens is 204 g/mol. The zero-order valence-corrected chi connectivity index (χ0v) is 8.68. The first-order valence-corrected chi connectivity index (χ1v) is 4.91. The van der Waals surface area contributed by atoms with Crippen molar-refractivity contribution in [1.82, 2.24) is 14.5 Å². The van der Waals surface area contributed by atoms with E-state index < -0.39 is 0 Å². The zero-order valence-electron chi connectivity index (χ0n) is 8.68. The summed E-state index contributed by atoms with van der Waals surface area (Å²) >= 11 is 0. The van der Waals surface area contributed by atoms with E-state index in [-0.39, 0.29) is 0 Å². The number of benzene rings is 1. The molecule has 0 aliphatic heterocycles. The van der Waals surface area contributed by atoms with Crippen LogP contribution in [0.3, 0.4) is 0 Å². The second kappa shape index (κ2) is 3.18. The summed E-state index contributed by atoms with van der Waals surface area (Å²) in [5.41, 5.74) is 4.76. The second-order valence-electron chi connectivity index (χ2n) is 3.64. The molecule has 0 aliphatic rings. The van der Waals surface area contributed by atoms with E-state index >= 15 is 0 Å². The highest BCUT2D eigenvalue weighted by atomic mass is 16.5. The lowest BCUT2D eigenvalue weighted by Crippen LogP contribution is -1.98. The fraction of sp³-hybridized carbons (Fsp3) is 0.0909. The summed E-state index contributed by atoms with van der Waals surface area (Å²) in [5, 5.41) is 9.95.